The van der Waals surface area contributed by atoms with Crippen LogP contribution in [-0.4, -0.2) is 26.8 Å². The molecule has 0 aliphatic rings. The molecule has 2 N–H and O–H groups in total. The summed E-state index contributed by atoms with van der Waals surface area (Å²) in [5.41, 5.74) is 3.17. The van der Waals surface area contributed by atoms with Gasteiger partial charge in [0.15, 0.2) is 5.16 Å². The molecule has 4 nitrogen and oxygen atoms in total. The molecule has 1 heterocycles. The van der Waals surface area contributed by atoms with Crippen molar-refractivity contribution in [3.63, 3.8) is 0 Å². The molecule has 0 saturated carbocycles. The molecule has 7 heteroatoms. The number of imidazole rings is 1. The number of carboxylic acids is 1. The van der Waals surface area contributed by atoms with Crippen LogP contribution in [-0.2, 0) is 4.79 Å². The minimum absolute atomic E-state index is 0.0491. The van der Waals surface area contributed by atoms with Crippen LogP contribution in [0.25, 0.3) is 16.6 Å². The number of nitrogens with zero attached hydrogens (tertiary/aromatic N) is 1. The zero-order chi connectivity index (χ0) is 17.0. The van der Waals surface area contributed by atoms with Crippen LogP contribution in [0.4, 0.5) is 0 Å². The van der Waals surface area contributed by atoms with E-state index in [0.29, 0.717) is 10.2 Å². The molecule has 0 radical (unpaired) electrons. The summed E-state index contributed by atoms with van der Waals surface area (Å²) in [7, 11) is 0. The Kier molecular flexibility index (Phi) is 6.10. The maximum absolute atomic E-state index is 10.6. The van der Waals surface area contributed by atoms with Gasteiger partial charge in [0.1, 0.15) is 0 Å². The molecule has 1 aromatic carbocycles. The minimum Gasteiger partial charge on any atom is -0.481 e. The number of halogens is 2. The largest absolute Gasteiger partial charge is 0.481 e. The van der Waals surface area contributed by atoms with Crippen molar-refractivity contribution >= 4 is 61.9 Å². The van der Waals surface area contributed by atoms with Crippen LogP contribution >= 0.6 is 39.3 Å². The van der Waals surface area contributed by atoms with Gasteiger partial charge >= 0.3 is 5.97 Å². The Bertz CT molecular complexity index is 827. The molecular weight excluding hydrogens is 400 g/mol. The van der Waals surface area contributed by atoms with Gasteiger partial charge in [0.2, 0.25) is 0 Å². The molecule has 120 valence electrons. The molecule has 0 aliphatic carbocycles. The zero-order valence-electron chi connectivity index (χ0n) is 12.3. The second-order valence-electron chi connectivity index (χ2n) is 4.55. The average molecular weight is 414 g/mol. The Labute approximate surface area is 151 Å². The number of hydrogen-bond acceptors (Lipinski definition) is 3. The first-order valence-electron chi connectivity index (χ1n) is 6.64. The van der Waals surface area contributed by atoms with Gasteiger partial charge in [-0.15, -0.1) is 0 Å². The van der Waals surface area contributed by atoms with Gasteiger partial charge in [-0.2, -0.15) is 0 Å². The van der Waals surface area contributed by atoms with Crippen molar-refractivity contribution in [2.24, 2.45) is 0 Å². The third kappa shape index (κ3) is 4.50. The predicted octanol–water partition coefficient (Wildman–Crippen LogP) is 5.26. The summed E-state index contributed by atoms with van der Waals surface area (Å²) in [5, 5.41) is 9.86. The SMILES string of the molecule is C=C/C(=C\C(Br)=C/C)c1cc2nc(SCC(=O)O)[nH]c2cc1Cl. The first kappa shape index (κ1) is 17.8. The molecule has 0 atom stereocenters. The van der Waals surface area contributed by atoms with Gasteiger partial charge in [0.05, 0.1) is 21.8 Å². The molecule has 0 spiro atoms. The minimum atomic E-state index is -0.887. The first-order chi connectivity index (χ1) is 10.9. The fourth-order valence-corrected chi connectivity index (χ4v) is 3.03. The van der Waals surface area contributed by atoms with E-state index >= 15 is 0 Å². The van der Waals surface area contributed by atoms with Crippen LogP contribution in [0.3, 0.4) is 0 Å². The highest BCUT2D eigenvalue weighted by molar-refractivity contribution is 9.11. The molecule has 0 amide bonds. The lowest BCUT2D eigenvalue weighted by molar-refractivity contribution is -0.133. The fourth-order valence-electron chi connectivity index (χ4n) is 1.91. The number of carbonyl (C=O) groups is 1. The lowest BCUT2D eigenvalue weighted by atomic mass is 10.0. The van der Waals surface area contributed by atoms with Crippen LogP contribution in [0, 0.1) is 0 Å². The van der Waals surface area contributed by atoms with Gasteiger partial charge in [0, 0.05) is 10.0 Å². The van der Waals surface area contributed by atoms with Gasteiger partial charge < -0.3 is 10.1 Å². The van der Waals surface area contributed by atoms with Crippen molar-refractivity contribution in [3.8, 4) is 0 Å². The Morgan fingerprint density at radius 3 is 2.91 bits per heavy atom. The number of nitrogens with one attached hydrogen (secondary N) is 1. The number of aliphatic carboxylic acids is 1. The lowest BCUT2D eigenvalue weighted by Gasteiger charge is -2.05. The van der Waals surface area contributed by atoms with E-state index in [9.17, 15) is 4.79 Å². The molecule has 0 aliphatic heterocycles. The molecule has 1 aromatic heterocycles. The molecule has 0 bridgehead atoms. The second kappa shape index (κ2) is 7.86. The van der Waals surface area contributed by atoms with Crippen molar-refractivity contribution in [3.05, 3.63) is 52.0 Å². The Morgan fingerprint density at radius 2 is 2.30 bits per heavy atom. The van der Waals surface area contributed by atoms with E-state index in [2.05, 4.69) is 32.5 Å². The number of thioether (sulfide) groups is 1. The van der Waals surface area contributed by atoms with Gasteiger partial charge in [-0.3, -0.25) is 4.79 Å². The molecule has 23 heavy (non-hydrogen) atoms. The molecule has 2 rings (SSSR count). The Balaban J connectivity index is 2.45. The van der Waals surface area contributed by atoms with E-state index in [-0.39, 0.29) is 5.75 Å². The summed E-state index contributed by atoms with van der Waals surface area (Å²) in [5.74, 6) is -0.936. The summed E-state index contributed by atoms with van der Waals surface area (Å²) in [6, 6.07) is 3.65. The van der Waals surface area contributed by atoms with E-state index in [0.717, 1.165) is 38.4 Å². The third-order valence-electron chi connectivity index (χ3n) is 2.98. The van der Waals surface area contributed by atoms with Gasteiger partial charge in [-0.05, 0) is 30.7 Å². The quantitative estimate of drug-likeness (QED) is 0.500. The lowest BCUT2D eigenvalue weighted by Crippen LogP contribution is -1.97. The number of H-pyrrole nitrogens is 1. The first-order valence-corrected chi connectivity index (χ1v) is 8.80. The number of hydrogen-bond donors (Lipinski definition) is 2. The highest BCUT2D eigenvalue weighted by Gasteiger charge is 2.11. The van der Waals surface area contributed by atoms with E-state index in [1.807, 2.05) is 25.1 Å². The van der Waals surface area contributed by atoms with Crippen LogP contribution in [0.15, 0.2) is 46.6 Å². The molecule has 0 saturated heterocycles. The van der Waals surface area contributed by atoms with Crippen LogP contribution in [0.2, 0.25) is 5.02 Å². The van der Waals surface area contributed by atoms with Gasteiger partial charge in [0.25, 0.3) is 0 Å². The van der Waals surface area contributed by atoms with E-state index in [4.69, 9.17) is 16.7 Å². The number of carboxylic acid groups (broad SMARTS) is 1. The summed E-state index contributed by atoms with van der Waals surface area (Å²) in [6.45, 7) is 5.75. The standard InChI is InChI=1S/C16H14BrClN2O2S/c1-3-9(5-10(17)4-2)11-6-13-14(7-12(11)18)20-16(19-13)23-8-15(21)22/h3-7H,1,8H2,2H3,(H,19,20)(H,21,22)/b9-5+,10-4+. The fraction of sp³-hybridized carbons (Fsp3) is 0.125. The third-order valence-corrected chi connectivity index (χ3v) is 4.84. The number of fused-ring (bicyclic) bond motifs is 1. The summed E-state index contributed by atoms with van der Waals surface area (Å²) < 4.78 is 0.920. The summed E-state index contributed by atoms with van der Waals surface area (Å²) in [6.07, 6.45) is 5.57. The average Bonchev–Trinajstić information content (AvgIpc) is 2.91. The monoisotopic (exact) mass is 412 g/mol. The predicted molar refractivity (Wildman–Crippen MR) is 100 cm³/mol. The van der Waals surface area contributed by atoms with Crippen molar-refractivity contribution in [1.82, 2.24) is 9.97 Å². The van der Waals surface area contributed by atoms with E-state index in [1.54, 1.807) is 12.1 Å². The van der Waals surface area contributed by atoms with Crippen molar-refractivity contribution in [1.29, 1.82) is 0 Å². The highest BCUT2D eigenvalue weighted by Crippen LogP contribution is 2.31. The summed E-state index contributed by atoms with van der Waals surface area (Å²) in [4.78, 5) is 18.1. The van der Waals surface area contributed by atoms with Crippen molar-refractivity contribution in [2.45, 2.75) is 12.1 Å². The maximum Gasteiger partial charge on any atom is 0.313 e. The van der Waals surface area contributed by atoms with E-state index < -0.39 is 5.97 Å². The van der Waals surface area contributed by atoms with Gasteiger partial charge in [-0.1, -0.05) is 58.0 Å². The van der Waals surface area contributed by atoms with Crippen LogP contribution in [0.1, 0.15) is 12.5 Å². The number of aromatic amines is 1. The highest BCUT2D eigenvalue weighted by atomic mass is 79.9. The second-order valence-corrected chi connectivity index (χ2v) is 6.84. The normalized spacial score (nSPS) is 12.7. The van der Waals surface area contributed by atoms with Crippen LogP contribution < -0.4 is 0 Å². The number of rotatable bonds is 6. The van der Waals surface area contributed by atoms with Gasteiger partial charge in [-0.25, -0.2) is 4.98 Å². The smallest absolute Gasteiger partial charge is 0.313 e. The van der Waals surface area contributed by atoms with Crippen LogP contribution in [0.5, 0.6) is 0 Å². The van der Waals surface area contributed by atoms with E-state index in [1.165, 1.54) is 0 Å². The number of aromatic nitrogens is 2. The molecule has 0 unspecified atom stereocenters. The number of benzene rings is 1. The molecule has 2 aromatic rings. The van der Waals surface area contributed by atoms with Crippen molar-refractivity contribution < 1.29 is 9.90 Å². The Hall–Kier alpha value is -1.50. The maximum atomic E-state index is 10.6. The zero-order valence-corrected chi connectivity index (χ0v) is 15.4. The number of allylic oxidation sites excluding steroid dienone is 5. The molecular formula is C16H14BrClN2O2S. The summed E-state index contributed by atoms with van der Waals surface area (Å²) >= 11 is 10.9. The topological polar surface area (TPSA) is 66.0 Å². The van der Waals surface area contributed by atoms with Crippen molar-refractivity contribution in [2.75, 3.05) is 5.75 Å². The molecule has 0 fully saturated rings. The Morgan fingerprint density at radius 1 is 1.57 bits per heavy atom.